The second-order valence-corrected chi connectivity index (χ2v) is 8.45. The van der Waals surface area contributed by atoms with Crippen molar-refractivity contribution in [1.29, 1.82) is 0 Å². The molecule has 2 aliphatic rings. The molecule has 0 radical (unpaired) electrons. The highest BCUT2D eigenvalue weighted by atomic mass is 16.3. The van der Waals surface area contributed by atoms with Crippen LogP contribution in [0.1, 0.15) is 64.0 Å². The molecule has 2 fully saturated rings. The maximum atomic E-state index is 12.7. The first-order chi connectivity index (χ1) is 13.9. The van der Waals surface area contributed by atoms with Crippen LogP contribution in [-0.2, 0) is 4.79 Å². The van der Waals surface area contributed by atoms with Gasteiger partial charge in [-0.2, -0.15) is 9.78 Å². The van der Waals surface area contributed by atoms with Crippen molar-refractivity contribution < 1.29 is 14.7 Å². The summed E-state index contributed by atoms with van der Waals surface area (Å²) in [5.74, 6) is 0.464. The van der Waals surface area contributed by atoms with Crippen molar-refractivity contribution in [3.8, 4) is 17.0 Å². The zero-order valence-electron chi connectivity index (χ0n) is 16.9. The minimum Gasteiger partial charge on any atom is -0.507 e. The lowest BCUT2D eigenvalue weighted by Gasteiger charge is -2.13. The van der Waals surface area contributed by atoms with Crippen LogP contribution in [0.3, 0.4) is 0 Å². The van der Waals surface area contributed by atoms with Crippen molar-refractivity contribution in [2.24, 2.45) is 5.92 Å². The maximum Gasteiger partial charge on any atom is 0.342 e. The molecule has 2 saturated carbocycles. The summed E-state index contributed by atoms with van der Waals surface area (Å²) in [6, 6.07) is 6.60. The molecule has 3 N–H and O–H groups in total. The maximum absolute atomic E-state index is 12.7. The minimum atomic E-state index is -0.258. The molecule has 2 amide bonds. The van der Waals surface area contributed by atoms with Crippen LogP contribution < -0.4 is 10.6 Å². The Hall–Kier alpha value is -2.83. The Morgan fingerprint density at radius 2 is 1.86 bits per heavy atom. The highest BCUT2D eigenvalue weighted by molar-refractivity contribution is 5.95. The normalized spacial score (nSPS) is 16.9. The van der Waals surface area contributed by atoms with Gasteiger partial charge in [0, 0.05) is 29.1 Å². The number of nitrogens with one attached hydrogen (secondary N) is 2. The Kier molecular flexibility index (Phi) is 5.30. The number of phenols is 1. The Bertz CT molecular complexity index is 924. The summed E-state index contributed by atoms with van der Waals surface area (Å²) < 4.78 is 1.44. The number of aromatic hydroxyl groups is 1. The Balaban J connectivity index is 1.68. The largest absolute Gasteiger partial charge is 0.507 e. The molecular weight excluding hydrogens is 368 g/mol. The van der Waals surface area contributed by atoms with Gasteiger partial charge in [0.25, 0.3) is 0 Å². The summed E-state index contributed by atoms with van der Waals surface area (Å²) in [5.41, 5.74) is 2.54. The first kappa shape index (κ1) is 19.5. The summed E-state index contributed by atoms with van der Waals surface area (Å²) in [6.45, 7) is 3.82. The van der Waals surface area contributed by atoms with E-state index in [4.69, 9.17) is 0 Å². The first-order valence-electron chi connectivity index (χ1n) is 10.5. The number of phenolic OH excluding ortho intramolecular Hbond substituents is 1. The fourth-order valence-corrected chi connectivity index (χ4v) is 3.92. The van der Waals surface area contributed by atoms with Gasteiger partial charge in [0.1, 0.15) is 5.75 Å². The van der Waals surface area contributed by atoms with E-state index in [2.05, 4.69) is 15.7 Å². The van der Waals surface area contributed by atoms with Gasteiger partial charge in [0.2, 0.25) is 5.91 Å². The smallest absolute Gasteiger partial charge is 0.342 e. The molecule has 0 saturated heterocycles. The van der Waals surface area contributed by atoms with E-state index < -0.39 is 0 Å². The van der Waals surface area contributed by atoms with Gasteiger partial charge in [-0.05, 0) is 63.8 Å². The number of carbonyl (C=O) groups is 2. The second kappa shape index (κ2) is 7.89. The quantitative estimate of drug-likeness (QED) is 0.659. The molecule has 0 spiro atoms. The van der Waals surface area contributed by atoms with Crippen molar-refractivity contribution in [1.82, 2.24) is 15.1 Å². The van der Waals surface area contributed by atoms with Gasteiger partial charge in [-0.25, -0.2) is 4.79 Å². The molecule has 4 rings (SSSR count). The number of aromatic nitrogens is 2. The molecule has 0 aliphatic heterocycles. The van der Waals surface area contributed by atoms with Crippen LogP contribution in [0, 0.1) is 5.92 Å². The van der Waals surface area contributed by atoms with E-state index in [9.17, 15) is 14.7 Å². The van der Waals surface area contributed by atoms with Crippen LogP contribution in [0.25, 0.3) is 11.3 Å². The average molecular weight is 396 g/mol. The first-order valence-corrected chi connectivity index (χ1v) is 10.5. The fourth-order valence-electron chi connectivity index (χ4n) is 3.92. The van der Waals surface area contributed by atoms with E-state index in [1.54, 1.807) is 18.2 Å². The van der Waals surface area contributed by atoms with Crippen molar-refractivity contribution in [3.63, 3.8) is 0 Å². The SMILES string of the molecule is CC(C)NC(=O)n1nc(-c2cc(NC(=O)C3CC3)ccc2O)cc1C1CCCC1. The molecule has 29 heavy (non-hydrogen) atoms. The summed E-state index contributed by atoms with van der Waals surface area (Å²) in [7, 11) is 0. The lowest BCUT2D eigenvalue weighted by Crippen LogP contribution is -2.35. The van der Waals surface area contributed by atoms with Gasteiger partial charge >= 0.3 is 6.03 Å². The number of benzene rings is 1. The van der Waals surface area contributed by atoms with E-state index in [-0.39, 0.29) is 35.6 Å². The lowest BCUT2D eigenvalue weighted by atomic mass is 10.0. The lowest BCUT2D eigenvalue weighted by molar-refractivity contribution is -0.117. The van der Waals surface area contributed by atoms with Gasteiger partial charge in [0.15, 0.2) is 0 Å². The topological polar surface area (TPSA) is 96.3 Å². The average Bonchev–Trinajstić information content (AvgIpc) is 3.21. The van der Waals surface area contributed by atoms with E-state index in [0.717, 1.165) is 44.2 Å². The zero-order chi connectivity index (χ0) is 20.5. The predicted octanol–water partition coefficient (Wildman–Crippen LogP) is 4.23. The summed E-state index contributed by atoms with van der Waals surface area (Å²) in [4.78, 5) is 24.8. The summed E-state index contributed by atoms with van der Waals surface area (Å²) in [5, 5.41) is 20.8. The van der Waals surface area contributed by atoms with E-state index in [1.807, 2.05) is 19.9 Å². The van der Waals surface area contributed by atoms with Gasteiger partial charge < -0.3 is 15.7 Å². The highest BCUT2D eigenvalue weighted by Gasteiger charge is 2.30. The van der Waals surface area contributed by atoms with Gasteiger partial charge in [-0.3, -0.25) is 4.79 Å². The van der Waals surface area contributed by atoms with Gasteiger partial charge in [0.05, 0.1) is 11.4 Å². The number of hydrogen-bond donors (Lipinski definition) is 3. The molecule has 7 heteroatoms. The molecule has 7 nitrogen and oxygen atoms in total. The molecule has 1 aromatic carbocycles. The van der Waals surface area contributed by atoms with Crippen LogP contribution in [0.5, 0.6) is 5.75 Å². The van der Waals surface area contributed by atoms with Crippen molar-refractivity contribution in [2.45, 2.75) is 64.3 Å². The molecular formula is C22H28N4O3. The highest BCUT2D eigenvalue weighted by Crippen LogP contribution is 2.38. The van der Waals surface area contributed by atoms with Gasteiger partial charge in [-0.1, -0.05) is 12.8 Å². The molecule has 2 aliphatic carbocycles. The van der Waals surface area contributed by atoms with Gasteiger partial charge in [-0.15, -0.1) is 0 Å². The fraction of sp³-hybridized carbons (Fsp3) is 0.500. The van der Waals surface area contributed by atoms with Crippen LogP contribution >= 0.6 is 0 Å². The second-order valence-electron chi connectivity index (χ2n) is 8.45. The molecule has 1 aromatic heterocycles. The van der Waals surface area contributed by atoms with E-state index in [0.29, 0.717) is 16.9 Å². The number of nitrogens with zero attached hydrogens (tertiary/aromatic N) is 2. The van der Waals surface area contributed by atoms with E-state index >= 15 is 0 Å². The van der Waals surface area contributed by atoms with Crippen LogP contribution in [0.4, 0.5) is 10.5 Å². The molecule has 0 bridgehead atoms. The Labute approximate surface area is 170 Å². The Morgan fingerprint density at radius 3 is 2.52 bits per heavy atom. The van der Waals surface area contributed by atoms with E-state index in [1.165, 1.54) is 4.68 Å². The Morgan fingerprint density at radius 1 is 1.14 bits per heavy atom. The zero-order valence-corrected chi connectivity index (χ0v) is 16.9. The van der Waals surface area contributed by atoms with Crippen LogP contribution in [0.2, 0.25) is 0 Å². The third kappa shape index (κ3) is 4.28. The van der Waals surface area contributed by atoms with Crippen molar-refractivity contribution in [3.05, 3.63) is 30.0 Å². The number of amides is 2. The van der Waals surface area contributed by atoms with Crippen molar-refractivity contribution >= 4 is 17.6 Å². The molecule has 154 valence electrons. The third-order valence-electron chi connectivity index (χ3n) is 5.60. The summed E-state index contributed by atoms with van der Waals surface area (Å²) >= 11 is 0. The van der Waals surface area contributed by atoms with Crippen LogP contribution in [-0.4, -0.2) is 32.9 Å². The number of hydrogen-bond acceptors (Lipinski definition) is 4. The molecule has 0 atom stereocenters. The van der Waals surface area contributed by atoms with Crippen LogP contribution in [0.15, 0.2) is 24.3 Å². The summed E-state index contributed by atoms with van der Waals surface area (Å²) in [6.07, 6.45) is 6.21. The monoisotopic (exact) mass is 396 g/mol. The predicted molar refractivity (Wildman–Crippen MR) is 111 cm³/mol. The third-order valence-corrected chi connectivity index (χ3v) is 5.60. The molecule has 2 aromatic rings. The number of rotatable bonds is 5. The standard InChI is InChI=1S/C22H28N4O3/c1-13(2)23-22(29)26-19(14-5-3-4-6-14)12-18(25-26)17-11-16(9-10-20(17)27)24-21(28)15-7-8-15/h9-15,27H,3-8H2,1-2H3,(H,23,29)(H,24,28). The minimum absolute atomic E-state index is 0.000875. The molecule has 1 heterocycles. The number of carbonyl (C=O) groups excluding carboxylic acids is 2. The number of anilines is 1. The van der Waals surface area contributed by atoms with Crippen molar-refractivity contribution in [2.75, 3.05) is 5.32 Å². The molecule has 0 unspecified atom stereocenters.